The number of nitrogens with zero attached hydrogens (tertiary/aromatic N) is 4. The number of amidine groups is 1. The Hall–Kier alpha value is -2.83. The van der Waals surface area contributed by atoms with Crippen LogP contribution in [0.5, 0.6) is 0 Å². The molecule has 21 heavy (non-hydrogen) atoms. The molecule has 0 bridgehead atoms. The summed E-state index contributed by atoms with van der Waals surface area (Å²) >= 11 is 0. The van der Waals surface area contributed by atoms with Crippen LogP contribution >= 0.6 is 0 Å². The molecule has 2 aromatic rings. The second kappa shape index (κ2) is 6.08. The van der Waals surface area contributed by atoms with Crippen molar-refractivity contribution in [3.05, 3.63) is 53.6 Å². The maximum absolute atomic E-state index is 12.2. The van der Waals surface area contributed by atoms with Crippen molar-refractivity contribution >= 4 is 11.7 Å². The van der Waals surface area contributed by atoms with Crippen molar-refractivity contribution in [2.45, 2.75) is 6.54 Å². The van der Waals surface area contributed by atoms with Crippen molar-refractivity contribution in [2.75, 3.05) is 7.05 Å². The van der Waals surface area contributed by atoms with Gasteiger partial charge in [0.15, 0.2) is 5.84 Å². The summed E-state index contributed by atoms with van der Waals surface area (Å²) in [5.74, 6) is -0.125. The number of carbonyl (C=O) groups is 1. The lowest BCUT2D eigenvalue weighted by atomic mass is 10.1. The third-order valence-corrected chi connectivity index (χ3v) is 3.02. The zero-order valence-electron chi connectivity index (χ0n) is 11.9. The van der Waals surface area contributed by atoms with E-state index in [2.05, 4.69) is 10.1 Å². The number of aromatic nitrogens is 2. The fraction of sp³-hybridized carbons (Fsp3) is 0.214. The Labute approximate surface area is 122 Å². The zero-order valence-corrected chi connectivity index (χ0v) is 11.9. The average molecular weight is 287 g/mol. The first-order valence-corrected chi connectivity index (χ1v) is 6.31. The molecule has 1 aromatic carbocycles. The Morgan fingerprint density at radius 2 is 2.29 bits per heavy atom. The van der Waals surface area contributed by atoms with Crippen molar-refractivity contribution < 1.29 is 10.0 Å². The highest BCUT2D eigenvalue weighted by Gasteiger charge is 2.14. The minimum atomic E-state index is -0.162. The monoisotopic (exact) mass is 287 g/mol. The summed E-state index contributed by atoms with van der Waals surface area (Å²) in [6.07, 6.45) is 3.26. The van der Waals surface area contributed by atoms with Gasteiger partial charge in [0.2, 0.25) is 0 Å². The molecule has 0 atom stereocenters. The maximum atomic E-state index is 12.2. The molecule has 7 heteroatoms. The summed E-state index contributed by atoms with van der Waals surface area (Å²) in [6, 6.07) is 7.18. The van der Waals surface area contributed by atoms with Gasteiger partial charge < -0.3 is 20.4 Å². The van der Waals surface area contributed by atoms with Crippen molar-refractivity contribution in [3.63, 3.8) is 0 Å². The molecule has 0 fully saturated rings. The lowest BCUT2D eigenvalue weighted by Gasteiger charge is -2.16. The normalized spacial score (nSPS) is 11.4. The predicted molar refractivity (Wildman–Crippen MR) is 78.0 cm³/mol. The van der Waals surface area contributed by atoms with Gasteiger partial charge in [0.1, 0.15) is 5.69 Å². The molecule has 2 rings (SSSR count). The fourth-order valence-corrected chi connectivity index (χ4v) is 1.95. The van der Waals surface area contributed by atoms with Crippen LogP contribution in [0.1, 0.15) is 21.6 Å². The van der Waals surface area contributed by atoms with Gasteiger partial charge in [-0.25, -0.2) is 4.98 Å². The van der Waals surface area contributed by atoms with Crippen molar-refractivity contribution in [1.82, 2.24) is 14.5 Å². The second-order valence-electron chi connectivity index (χ2n) is 4.77. The molecule has 1 heterocycles. The predicted octanol–water partition coefficient (Wildman–Crippen LogP) is 0.787. The van der Waals surface area contributed by atoms with Gasteiger partial charge in [-0.1, -0.05) is 23.4 Å². The van der Waals surface area contributed by atoms with E-state index >= 15 is 0 Å². The number of nitrogens with two attached hydrogens (primary N) is 1. The van der Waals surface area contributed by atoms with Gasteiger partial charge in [0, 0.05) is 32.4 Å². The van der Waals surface area contributed by atoms with E-state index in [1.807, 2.05) is 13.1 Å². The number of hydrogen-bond donors (Lipinski definition) is 2. The van der Waals surface area contributed by atoms with E-state index in [9.17, 15) is 4.79 Å². The molecule has 0 aliphatic heterocycles. The van der Waals surface area contributed by atoms with Crippen LogP contribution in [-0.2, 0) is 13.6 Å². The molecule has 110 valence electrons. The van der Waals surface area contributed by atoms with E-state index in [4.69, 9.17) is 10.9 Å². The molecule has 0 aliphatic carbocycles. The first-order valence-electron chi connectivity index (χ1n) is 6.31. The van der Waals surface area contributed by atoms with Gasteiger partial charge in [-0.2, -0.15) is 0 Å². The highest BCUT2D eigenvalue weighted by molar-refractivity contribution is 5.97. The number of rotatable bonds is 4. The highest BCUT2D eigenvalue weighted by Crippen LogP contribution is 2.09. The quantitative estimate of drug-likeness (QED) is 0.376. The van der Waals surface area contributed by atoms with Gasteiger partial charge in [-0.15, -0.1) is 0 Å². The Bertz CT molecular complexity index is 678. The van der Waals surface area contributed by atoms with Crippen molar-refractivity contribution in [3.8, 4) is 0 Å². The van der Waals surface area contributed by atoms with Crippen LogP contribution in [0.3, 0.4) is 0 Å². The smallest absolute Gasteiger partial charge is 0.274 e. The topological polar surface area (TPSA) is 96.7 Å². The zero-order chi connectivity index (χ0) is 15.4. The maximum Gasteiger partial charge on any atom is 0.274 e. The van der Waals surface area contributed by atoms with E-state index in [1.165, 1.54) is 0 Å². The number of amides is 1. The lowest BCUT2D eigenvalue weighted by molar-refractivity contribution is 0.0779. The molecular formula is C14H17N5O2. The highest BCUT2D eigenvalue weighted by atomic mass is 16.4. The van der Waals surface area contributed by atoms with Crippen LogP contribution in [-0.4, -0.2) is 38.4 Å². The second-order valence-corrected chi connectivity index (χ2v) is 4.77. The number of benzene rings is 1. The van der Waals surface area contributed by atoms with Gasteiger partial charge in [-0.05, 0) is 11.6 Å². The first kappa shape index (κ1) is 14.6. The van der Waals surface area contributed by atoms with Crippen LogP contribution in [0.25, 0.3) is 0 Å². The molecule has 0 spiro atoms. The Morgan fingerprint density at radius 1 is 1.52 bits per heavy atom. The van der Waals surface area contributed by atoms with Crippen LogP contribution < -0.4 is 5.73 Å². The standard InChI is InChI=1S/C14H17N5O2/c1-18-8-12(16-9-18)14(20)19(2)7-10-4-3-5-11(6-10)13(15)17-21/h3-6,8-9,21H,7H2,1-2H3,(H2,15,17). The Kier molecular flexibility index (Phi) is 4.22. The summed E-state index contributed by atoms with van der Waals surface area (Å²) < 4.78 is 1.72. The average Bonchev–Trinajstić information content (AvgIpc) is 2.92. The molecule has 0 unspecified atom stereocenters. The van der Waals surface area contributed by atoms with Gasteiger partial charge >= 0.3 is 0 Å². The van der Waals surface area contributed by atoms with Gasteiger partial charge in [-0.3, -0.25) is 4.79 Å². The fourth-order valence-electron chi connectivity index (χ4n) is 1.95. The molecule has 0 saturated heterocycles. The summed E-state index contributed by atoms with van der Waals surface area (Å²) in [5.41, 5.74) is 7.44. The van der Waals surface area contributed by atoms with Crippen LogP contribution in [0.4, 0.5) is 0 Å². The molecule has 1 aromatic heterocycles. The van der Waals surface area contributed by atoms with Crippen LogP contribution in [0, 0.1) is 0 Å². The van der Waals surface area contributed by atoms with Gasteiger partial charge in [0.05, 0.1) is 6.33 Å². The minimum Gasteiger partial charge on any atom is -0.409 e. The number of hydrogen-bond acceptors (Lipinski definition) is 4. The molecule has 1 amide bonds. The minimum absolute atomic E-state index is 0.0376. The van der Waals surface area contributed by atoms with Gasteiger partial charge in [0.25, 0.3) is 5.91 Å². The summed E-state index contributed by atoms with van der Waals surface area (Å²) in [5, 5.41) is 11.7. The summed E-state index contributed by atoms with van der Waals surface area (Å²) in [4.78, 5) is 17.8. The number of aryl methyl sites for hydroxylation is 1. The molecule has 0 saturated carbocycles. The van der Waals surface area contributed by atoms with E-state index in [0.29, 0.717) is 17.8 Å². The number of carbonyl (C=O) groups excluding carboxylic acids is 1. The Morgan fingerprint density at radius 3 is 2.90 bits per heavy atom. The molecule has 7 nitrogen and oxygen atoms in total. The molecule has 3 N–H and O–H groups in total. The summed E-state index contributed by atoms with van der Waals surface area (Å²) in [7, 11) is 3.51. The first-order chi connectivity index (χ1) is 10.0. The van der Waals surface area contributed by atoms with Crippen molar-refractivity contribution in [1.29, 1.82) is 0 Å². The molecular weight excluding hydrogens is 270 g/mol. The largest absolute Gasteiger partial charge is 0.409 e. The SMILES string of the molecule is CN(Cc1cccc(/C(N)=N/O)c1)C(=O)c1cn(C)cn1. The third kappa shape index (κ3) is 3.38. The van der Waals surface area contributed by atoms with E-state index < -0.39 is 0 Å². The van der Waals surface area contributed by atoms with E-state index in [-0.39, 0.29) is 11.7 Å². The molecule has 0 aliphatic rings. The van der Waals surface area contributed by atoms with E-state index in [1.54, 1.807) is 47.2 Å². The third-order valence-electron chi connectivity index (χ3n) is 3.02. The van der Waals surface area contributed by atoms with E-state index in [0.717, 1.165) is 5.56 Å². The number of imidazole rings is 1. The van der Waals surface area contributed by atoms with Crippen LogP contribution in [0.2, 0.25) is 0 Å². The summed E-state index contributed by atoms with van der Waals surface area (Å²) in [6.45, 7) is 0.405. The Balaban J connectivity index is 2.12. The van der Waals surface area contributed by atoms with Crippen molar-refractivity contribution in [2.24, 2.45) is 17.9 Å². The molecule has 0 radical (unpaired) electrons. The van der Waals surface area contributed by atoms with Crippen LogP contribution in [0.15, 0.2) is 41.9 Å². The lowest BCUT2D eigenvalue weighted by Crippen LogP contribution is -2.26. The number of oxime groups is 1.